The summed E-state index contributed by atoms with van der Waals surface area (Å²) in [6, 6.07) is 0.648. The fourth-order valence-corrected chi connectivity index (χ4v) is 2.74. The van der Waals surface area contributed by atoms with E-state index < -0.39 is 0 Å². The number of hydrogen-bond acceptors (Lipinski definition) is 3. The smallest absolute Gasteiger partial charge is 0.0521 e. The van der Waals surface area contributed by atoms with E-state index in [2.05, 4.69) is 37.9 Å². The van der Waals surface area contributed by atoms with Crippen LogP contribution < -0.4 is 5.32 Å². The van der Waals surface area contributed by atoms with Crippen molar-refractivity contribution in [3.05, 3.63) is 0 Å². The van der Waals surface area contributed by atoms with Crippen LogP contribution in [0.25, 0.3) is 0 Å². The lowest BCUT2D eigenvalue weighted by Gasteiger charge is -2.36. The van der Waals surface area contributed by atoms with Gasteiger partial charge in [-0.3, -0.25) is 0 Å². The predicted molar refractivity (Wildman–Crippen MR) is 78.0 cm³/mol. The molecule has 0 aliphatic carbocycles. The van der Waals surface area contributed by atoms with Crippen molar-refractivity contribution in [2.24, 2.45) is 11.8 Å². The number of nitrogens with zero attached hydrogens (tertiary/aromatic N) is 1. The van der Waals surface area contributed by atoms with Gasteiger partial charge in [0.15, 0.2) is 0 Å². The lowest BCUT2D eigenvalue weighted by atomic mass is 9.94. The van der Waals surface area contributed by atoms with Crippen LogP contribution in [-0.2, 0) is 4.74 Å². The van der Waals surface area contributed by atoms with Crippen molar-refractivity contribution >= 4 is 0 Å². The first-order chi connectivity index (χ1) is 8.71. The van der Waals surface area contributed by atoms with Crippen LogP contribution in [0.4, 0.5) is 0 Å². The van der Waals surface area contributed by atoms with Crippen LogP contribution in [0.3, 0.4) is 0 Å². The van der Waals surface area contributed by atoms with Gasteiger partial charge in [0.2, 0.25) is 0 Å². The summed E-state index contributed by atoms with van der Waals surface area (Å²) >= 11 is 0. The van der Waals surface area contributed by atoms with Crippen molar-refractivity contribution in [3.8, 4) is 0 Å². The molecular weight excluding hydrogens is 224 g/mol. The molecule has 1 N–H and O–H groups in total. The van der Waals surface area contributed by atoms with Gasteiger partial charge in [0.1, 0.15) is 0 Å². The topological polar surface area (TPSA) is 24.5 Å². The molecule has 0 bridgehead atoms. The molecule has 0 aromatic carbocycles. The van der Waals surface area contributed by atoms with Crippen LogP contribution in [0.15, 0.2) is 0 Å². The minimum atomic E-state index is 0.648. The van der Waals surface area contributed by atoms with Crippen LogP contribution in [-0.4, -0.2) is 50.3 Å². The van der Waals surface area contributed by atoms with Gasteiger partial charge in [0, 0.05) is 31.7 Å². The van der Waals surface area contributed by atoms with Gasteiger partial charge in [-0.25, -0.2) is 0 Å². The van der Waals surface area contributed by atoms with Crippen LogP contribution in [0.1, 0.15) is 40.5 Å². The second-order valence-corrected chi connectivity index (χ2v) is 5.65. The molecule has 1 heterocycles. The van der Waals surface area contributed by atoms with Gasteiger partial charge >= 0.3 is 0 Å². The molecule has 0 spiro atoms. The van der Waals surface area contributed by atoms with Gasteiger partial charge in [-0.15, -0.1) is 0 Å². The summed E-state index contributed by atoms with van der Waals surface area (Å²) in [7, 11) is 0. The highest BCUT2D eigenvalue weighted by atomic mass is 16.5. The highest BCUT2D eigenvalue weighted by Gasteiger charge is 2.26. The third-order valence-corrected chi connectivity index (χ3v) is 4.15. The molecule has 108 valence electrons. The number of nitrogens with one attached hydrogen (secondary N) is 1. The molecule has 1 rings (SSSR count). The van der Waals surface area contributed by atoms with Gasteiger partial charge in [-0.1, -0.05) is 34.1 Å². The second kappa shape index (κ2) is 8.89. The Hall–Kier alpha value is -0.120. The SMILES string of the molecule is CCNC1CCOCC1CN(CC)CC(C)CC. The lowest BCUT2D eigenvalue weighted by Crippen LogP contribution is -2.48. The Morgan fingerprint density at radius 2 is 2.11 bits per heavy atom. The van der Waals surface area contributed by atoms with Crippen molar-refractivity contribution in [2.45, 2.75) is 46.6 Å². The fourth-order valence-electron chi connectivity index (χ4n) is 2.74. The van der Waals surface area contributed by atoms with E-state index in [0.717, 1.165) is 32.2 Å². The van der Waals surface area contributed by atoms with Crippen LogP contribution in [0.2, 0.25) is 0 Å². The molecule has 0 aromatic rings. The highest BCUT2D eigenvalue weighted by molar-refractivity contribution is 4.82. The maximum atomic E-state index is 5.67. The first-order valence-corrected chi connectivity index (χ1v) is 7.74. The number of hydrogen-bond donors (Lipinski definition) is 1. The second-order valence-electron chi connectivity index (χ2n) is 5.65. The van der Waals surface area contributed by atoms with Crippen LogP contribution in [0, 0.1) is 11.8 Å². The van der Waals surface area contributed by atoms with E-state index in [9.17, 15) is 0 Å². The summed E-state index contributed by atoms with van der Waals surface area (Å²) in [6.07, 6.45) is 2.44. The molecule has 3 nitrogen and oxygen atoms in total. The highest BCUT2D eigenvalue weighted by Crippen LogP contribution is 2.17. The molecule has 1 aliphatic heterocycles. The predicted octanol–water partition coefficient (Wildman–Crippen LogP) is 2.37. The van der Waals surface area contributed by atoms with Crippen molar-refractivity contribution in [1.29, 1.82) is 0 Å². The Morgan fingerprint density at radius 1 is 1.33 bits per heavy atom. The summed E-state index contributed by atoms with van der Waals surface area (Å²) in [5.41, 5.74) is 0. The average molecular weight is 256 g/mol. The first-order valence-electron chi connectivity index (χ1n) is 7.74. The summed E-state index contributed by atoms with van der Waals surface area (Å²) < 4.78 is 5.67. The molecule has 0 amide bonds. The molecule has 18 heavy (non-hydrogen) atoms. The van der Waals surface area contributed by atoms with E-state index in [4.69, 9.17) is 4.74 Å². The summed E-state index contributed by atoms with van der Waals surface area (Å²) in [5, 5.41) is 3.62. The molecule has 0 aromatic heterocycles. The normalized spacial score (nSPS) is 26.5. The van der Waals surface area contributed by atoms with Crippen LogP contribution >= 0.6 is 0 Å². The Morgan fingerprint density at radius 3 is 2.72 bits per heavy atom. The zero-order valence-corrected chi connectivity index (χ0v) is 12.7. The molecule has 1 fully saturated rings. The van der Waals surface area contributed by atoms with Gasteiger partial charge in [0.05, 0.1) is 6.61 Å². The van der Waals surface area contributed by atoms with Gasteiger partial charge < -0.3 is 15.0 Å². The number of ether oxygens (including phenoxy) is 1. The van der Waals surface area contributed by atoms with E-state index in [0.29, 0.717) is 12.0 Å². The molecule has 3 atom stereocenters. The van der Waals surface area contributed by atoms with Crippen LogP contribution in [0.5, 0.6) is 0 Å². The van der Waals surface area contributed by atoms with E-state index in [1.165, 1.54) is 25.9 Å². The Bertz CT molecular complexity index is 209. The Kier molecular flexibility index (Phi) is 7.87. The van der Waals surface area contributed by atoms with E-state index in [-0.39, 0.29) is 0 Å². The zero-order chi connectivity index (χ0) is 13.4. The van der Waals surface area contributed by atoms with E-state index in [1.807, 2.05) is 0 Å². The summed E-state index contributed by atoms with van der Waals surface area (Å²) in [6.45, 7) is 15.6. The Balaban J connectivity index is 2.44. The maximum absolute atomic E-state index is 5.67. The van der Waals surface area contributed by atoms with Gasteiger partial charge in [-0.05, 0) is 25.4 Å². The minimum Gasteiger partial charge on any atom is -0.381 e. The van der Waals surface area contributed by atoms with E-state index in [1.54, 1.807) is 0 Å². The minimum absolute atomic E-state index is 0.648. The van der Waals surface area contributed by atoms with Crippen molar-refractivity contribution in [3.63, 3.8) is 0 Å². The fraction of sp³-hybridized carbons (Fsp3) is 1.00. The zero-order valence-electron chi connectivity index (χ0n) is 12.7. The lowest BCUT2D eigenvalue weighted by molar-refractivity contribution is 0.0158. The number of rotatable bonds is 8. The molecule has 1 aliphatic rings. The molecule has 0 radical (unpaired) electrons. The average Bonchev–Trinajstić information content (AvgIpc) is 2.40. The quantitative estimate of drug-likeness (QED) is 0.721. The molecule has 0 saturated carbocycles. The van der Waals surface area contributed by atoms with Gasteiger partial charge in [0.25, 0.3) is 0 Å². The molecule has 3 heteroatoms. The first kappa shape index (κ1) is 15.9. The maximum Gasteiger partial charge on any atom is 0.0521 e. The van der Waals surface area contributed by atoms with Crippen molar-refractivity contribution < 1.29 is 4.74 Å². The monoisotopic (exact) mass is 256 g/mol. The molecular formula is C15H32N2O. The van der Waals surface area contributed by atoms with Gasteiger partial charge in [-0.2, -0.15) is 0 Å². The third kappa shape index (κ3) is 5.25. The van der Waals surface area contributed by atoms with Crippen molar-refractivity contribution in [2.75, 3.05) is 39.4 Å². The Labute approximate surface area is 113 Å². The van der Waals surface area contributed by atoms with Crippen molar-refractivity contribution in [1.82, 2.24) is 10.2 Å². The largest absolute Gasteiger partial charge is 0.381 e. The summed E-state index contributed by atoms with van der Waals surface area (Å²) in [4.78, 5) is 2.60. The molecule has 3 unspecified atom stereocenters. The summed E-state index contributed by atoms with van der Waals surface area (Å²) in [5.74, 6) is 1.45. The van der Waals surface area contributed by atoms with E-state index >= 15 is 0 Å². The standard InChI is InChI=1S/C15H32N2O/c1-5-13(4)10-17(7-3)11-14-12-18-9-8-15(14)16-6-2/h13-16H,5-12H2,1-4H3. The third-order valence-electron chi connectivity index (χ3n) is 4.15. The molecule has 1 saturated heterocycles.